The number of rotatable bonds is 10. The number of aromatic nitrogens is 3. The summed E-state index contributed by atoms with van der Waals surface area (Å²) in [7, 11) is 3.27. The molecule has 1 N–H and O–H groups in total. The molecule has 0 saturated heterocycles. The van der Waals surface area contributed by atoms with Gasteiger partial charge in [0.25, 0.3) is 0 Å². The summed E-state index contributed by atoms with van der Waals surface area (Å²) in [6.07, 6.45) is 3.67. The molecule has 9 heteroatoms. The molecular weight excluding hydrogens is 484 g/mol. The van der Waals surface area contributed by atoms with Gasteiger partial charge in [-0.1, -0.05) is 54.9 Å². The van der Waals surface area contributed by atoms with Crippen LogP contribution in [0.5, 0.6) is 11.5 Å². The molecule has 1 amide bonds. The highest BCUT2D eigenvalue weighted by molar-refractivity contribution is 7.99. The molecule has 35 heavy (non-hydrogen) atoms. The number of halogens is 1. The summed E-state index contributed by atoms with van der Waals surface area (Å²) in [4.78, 5) is 13.6. The summed E-state index contributed by atoms with van der Waals surface area (Å²) in [5, 5.41) is 13.1. The Hall–Kier alpha value is -2.97. The van der Waals surface area contributed by atoms with E-state index in [1.807, 2.05) is 53.1 Å². The van der Waals surface area contributed by atoms with E-state index in [-0.39, 0.29) is 12.5 Å². The number of methoxy groups -OCH3 is 2. The molecular formula is C26H29ClN4O3S. The molecule has 0 spiro atoms. The molecule has 1 fully saturated rings. The zero-order chi connectivity index (χ0) is 24.8. The molecule has 184 valence electrons. The Morgan fingerprint density at radius 1 is 1.06 bits per heavy atom. The number of amides is 1. The Labute approximate surface area is 214 Å². The number of carbonyl (C=O) groups excluding carboxylic acids is 1. The van der Waals surface area contributed by atoms with Crippen LogP contribution < -0.4 is 14.8 Å². The predicted molar refractivity (Wildman–Crippen MR) is 139 cm³/mol. The molecule has 3 aromatic rings. The molecule has 0 radical (unpaired) electrons. The van der Waals surface area contributed by atoms with E-state index >= 15 is 0 Å². The third kappa shape index (κ3) is 5.49. The first-order valence-corrected chi connectivity index (χ1v) is 12.8. The van der Waals surface area contributed by atoms with Gasteiger partial charge in [0.05, 0.1) is 26.2 Å². The Morgan fingerprint density at radius 2 is 1.66 bits per heavy atom. The molecule has 1 aromatic heterocycles. The first kappa shape index (κ1) is 25.1. The van der Waals surface area contributed by atoms with Crippen molar-refractivity contribution in [1.82, 2.24) is 20.1 Å². The zero-order valence-electron chi connectivity index (χ0n) is 19.9. The maximum absolute atomic E-state index is 13.6. The van der Waals surface area contributed by atoms with Gasteiger partial charge < -0.3 is 14.8 Å². The summed E-state index contributed by atoms with van der Waals surface area (Å²) in [6, 6.07) is 15.4. The Kier molecular flexibility index (Phi) is 8.03. The van der Waals surface area contributed by atoms with Crippen molar-refractivity contribution in [2.75, 3.05) is 20.0 Å². The van der Waals surface area contributed by atoms with Crippen molar-refractivity contribution in [3.05, 3.63) is 71.5 Å². The van der Waals surface area contributed by atoms with E-state index in [0.717, 1.165) is 48.4 Å². The molecule has 1 saturated carbocycles. The molecule has 1 aliphatic carbocycles. The lowest BCUT2D eigenvalue weighted by molar-refractivity contribution is -0.126. The molecule has 4 rings (SSSR count). The van der Waals surface area contributed by atoms with Gasteiger partial charge in [0.1, 0.15) is 11.5 Å². The van der Waals surface area contributed by atoms with Crippen LogP contribution in [0, 0.1) is 0 Å². The molecule has 7 nitrogen and oxygen atoms in total. The van der Waals surface area contributed by atoms with Crippen LogP contribution >= 0.6 is 23.4 Å². The van der Waals surface area contributed by atoms with Gasteiger partial charge in [0.15, 0.2) is 11.0 Å². The predicted octanol–water partition coefficient (Wildman–Crippen LogP) is 5.26. The second kappa shape index (κ2) is 11.2. The highest BCUT2D eigenvalue weighted by atomic mass is 35.5. The maximum Gasteiger partial charge on any atom is 0.231 e. The van der Waals surface area contributed by atoms with Crippen LogP contribution in [0.3, 0.4) is 0 Å². The molecule has 1 heterocycles. The number of hydrogen-bond acceptors (Lipinski definition) is 6. The molecule has 0 bridgehead atoms. The highest BCUT2D eigenvalue weighted by Crippen LogP contribution is 2.42. The average Bonchev–Trinajstić information content (AvgIpc) is 3.54. The topological polar surface area (TPSA) is 78.3 Å². The fraction of sp³-hybridized carbons (Fsp3) is 0.346. The Morgan fingerprint density at radius 3 is 2.23 bits per heavy atom. The van der Waals surface area contributed by atoms with Crippen LogP contribution in [0.2, 0.25) is 0 Å². The van der Waals surface area contributed by atoms with Crippen molar-refractivity contribution in [2.24, 2.45) is 0 Å². The summed E-state index contributed by atoms with van der Waals surface area (Å²) in [6.45, 7) is 4.01. The Balaban J connectivity index is 1.59. The van der Waals surface area contributed by atoms with Crippen LogP contribution in [0.4, 0.5) is 0 Å². The SMILES string of the molecule is C=C(Cl)CSc1nnc(CNC(=O)C2(c3ccc(OC)cc3)CCCC2)n1-c1ccc(OC)cc1. The van der Waals surface area contributed by atoms with E-state index < -0.39 is 5.41 Å². The van der Waals surface area contributed by atoms with Crippen LogP contribution in [-0.2, 0) is 16.8 Å². The van der Waals surface area contributed by atoms with E-state index in [0.29, 0.717) is 21.8 Å². The monoisotopic (exact) mass is 512 g/mol. The largest absolute Gasteiger partial charge is 0.497 e. The van der Waals surface area contributed by atoms with Gasteiger partial charge in [0.2, 0.25) is 5.91 Å². The minimum Gasteiger partial charge on any atom is -0.497 e. The third-order valence-corrected chi connectivity index (χ3v) is 7.64. The van der Waals surface area contributed by atoms with Gasteiger partial charge in [-0.3, -0.25) is 9.36 Å². The lowest BCUT2D eigenvalue weighted by atomic mass is 9.78. The maximum atomic E-state index is 13.6. The molecule has 1 aliphatic rings. The van der Waals surface area contributed by atoms with Crippen LogP contribution in [-0.4, -0.2) is 40.6 Å². The van der Waals surface area contributed by atoms with E-state index in [2.05, 4.69) is 22.1 Å². The van der Waals surface area contributed by atoms with Gasteiger partial charge in [-0.25, -0.2) is 0 Å². The first-order chi connectivity index (χ1) is 17.0. The summed E-state index contributed by atoms with van der Waals surface area (Å²) in [5.74, 6) is 2.67. The Bertz CT molecular complexity index is 1170. The van der Waals surface area contributed by atoms with Gasteiger partial charge in [-0.05, 0) is 54.8 Å². The lowest BCUT2D eigenvalue weighted by Gasteiger charge is -2.28. The summed E-state index contributed by atoms with van der Waals surface area (Å²) < 4.78 is 12.5. The fourth-order valence-electron chi connectivity index (χ4n) is 4.51. The minimum absolute atomic E-state index is 0.00721. The van der Waals surface area contributed by atoms with Gasteiger partial charge in [-0.2, -0.15) is 0 Å². The highest BCUT2D eigenvalue weighted by Gasteiger charge is 2.42. The standard InChI is InChI=1S/C26H29ClN4O3S/c1-18(27)17-35-25-30-29-23(31(25)20-8-12-22(34-3)13-9-20)16-28-24(32)26(14-4-5-15-26)19-6-10-21(33-2)11-7-19/h6-13H,1,4-5,14-17H2,2-3H3,(H,28,32). The lowest BCUT2D eigenvalue weighted by Crippen LogP contribution is -2.42. The van der Waals surface area contributed by atoms with Crippen molar-refractivity contribution >= 4 is 29.3 Å². The number of thioether (sulfide) groups is 1. The minimum atomic E-state index is -0.550. The molecule has 0 unspecified atom stereocenters. The van der Waals surface area contributed by atoms with Crippen molar-refractivity contribution < 1.29 is 14.3 Å². The summed E-state index contributed by atoms with van der Waals surface area (Å²) >= 11 is 7.43. The van der Waals surface area contributed by atoms with Crippen LogP contribution in [0.15, 0.2) is 65.3 Å². The second-order valence-electron chi connectivity index (χ2n) is 8.44. The molecule has 2 aromatic carbocycles. The molecule has 0 atom stereocenters. The van der Waals surface area contributed by atoms with Crippen LogP contribution in [0.25, 0.3) is 5.69 Å². The van der Waals surface area contributed by atoms with Crippen molar-refractivity contribution in [2.45, 2.75) is 42.8 Å². The van der Waals surface area contributed by atoms with Gasteiger partial charge in [0, 0.05) is 16.5 Å². The van der Waals surface area contributed by atoms with E-state index in [1.165, 1.54) is 11.8 Å². The van der Waals surface area contributed by atoms with Gasteiger partial charge >= 0.3 is 0 Å². The van der Waals surface area contributed by atoms with Crippen molar-refractivity contribution in [1.29, 1.82) is 0 Å². The smallest absolute Gasteiger partial charge is 0.231 e. The number of nitrogens with zero attached hydrogens (tertiary/aromatic N) is 3. The normalized spacial score (nSPS) is 14.5. The van der Waals surface area contributed by atoms with Crippen molar-refractivity contribution in [3.63, 3.8) is 0 Å². The van der Waals surface area contributed by atoms with E-state index in [4.69, 9.17) is 21.1 Å². The quantitative estimate of drug-likeness (QED) is 0.373. The number of ether oxygens (including phenoxy) is 2. The number of hydrogen-bond donors (Lipinski definition) is 1. The number of benzene rings is 2. The van der Waals surface area contributed by atoms with E-state index in [9.17, 15) is 4.79 Å². The second-order valence-corrected chi connectivity index (χ2v) is 9.92. The fourth-order valence-corrected chi connectivity index (χ4v) is 5.39. The average molecular weight is 513 g/mol. The van der Waals surface area contributed by atoms with Crippen LogP contribution in [0.1, 0.15) is 37.1 Å². The van der Waals surface area contributed by atoms with Gasteiger partial charge in [-0.15, -0.1) is 10.2 Å². The first-order valence-electron chi connectivity index (χ1n) is 11.4. The van der Waals surface area contributed by atoms with Crippen molar-refractivity contribution in [3.8, 4) is 17.2 Å². The molecule has 0 aliphatic heterocycles. The number of carbonyl (C=O) groups is 1. The van der Waals surface area contributed by atoms with E-state index in [1.54, 1.807) is 14.2 Å². The number of nitrogens with one attached hydrogen (secondary N) is 1. The third-order valence-electron chi connectivity index (χ3n) is 6.33. The zero-order valence-corrected chi connectivity index (χ0v) is 21.5. The summed E-state index contributed by atoms with van der Waals surface area (Å²) in [5.41, 5.74) is 1.33.